The van der Waals surface area contributed by atoms with Crippen LogP contribution in [-0.4, -0.2) is 69.7 Å². The molecule has 0 bridgehead atoms. The lowest BCUT2D eigenvalue weighted by Gasteiger charge is -2.44. The number of imidazole rings is 1. The third-order valence-electron chi connectivity index (χ3n) is 5.63. The van der Waals surface area contributed by atoms with Crippen molar-refractivity contribution in [2.45, 2.75) is 63.7 Å². The molecule has 1 N–H and O–H groups in total. The molecule has 2 atom stereocenters. The van der Waals surface area contributed by atoms with E-state index >= 15 is 0 Å². The summed E-state index contributed by atoms with van der Waals surface area (Å²) in [7, 11) is 0. The Hall–Kier alpha value is -2.09. The number of rotatable bonds is 1. The van der Waals surface area contributed by atoms with Crippen LogP contribution in [0.2, 0.25) is 0 Å². The monoisotopic (exact) mass is 376 g/mol. The smallest absolute Gasteiger partial charge is 0.410 e. The molecule has 8 nitrogen and oxygen atoms in total. The summed E-state index contributed by atoms with van der Waals surface area (Å²) in [6, 6.07) is 0. The number of H-pyrrole nitrogens is 1. The average Bonchev–Trinajstić information content (AvgIpc) is 3.34. The van der Waals surface area contributed by atoms with Gasteiger partial charge < -0.3 is 24.3 Å². The first kappa shape index (κ1) is 18.3. The van der Waals surface area contributed by atoms with E-state index in [1.807, 2.05) is 25.7 Å². The molecule has 27 heavy (non-hydrogen) atoms. The van der Waals surface area contributed by atoms with E-state index in [1.54, 1.807) is 11.2 Å². The van der Waals surface area contributed by atoms with Crippen LogP contribution in [0.3, 0.4) is 0 Å². The summed E-state index contributed by atoms with van der Waals surface area (Å²) in [5.41, 5.74) is 0.779. The summed E-state index contributed by atoms with van der Waals surface area (Å²) in [6.45, 7) is 7.75. The highest BCUT2D eigenvalue weighted by molar-refractivity contribution is 5.83. The average molecular weight is 376 g/mol. The lowest BCUT2D eigenvalue weighted by atomic mass is 9.85. The van der Waals surface area contributed by atoms with Gasteiger partial charge in [0.25, 0.3) is 5.91 Å². The fourth-order valence-corrected chi connectivity index (χ4v) is 4.44. The minimum absolute atomic E-state index is 0.0205. The maximum atomic E-state index is 13.2. The van der Waals surface area contributed by atoms with Crippen LogP contribution in [0.25, 0.3) is 0 Å². The van der Waals surface area contributed by atoms with Crippen LogP contribution < -0.4 is 0 Å². The first-order chi connectivity index (χ1) is 12.8. The van der Waals surface area contributed by atoms with Crippen LogP contribution in [0.1, 0.15) is 51.4 Å². The molecule has 4 rings (SSSR count). The zero-order valence-corrected chi connectivity index (χ0v) is 16.3. The van der Waals surface area contributed by atoms with Crippen LogP contribution in [0.4, 0.5) is 4.79 Å². The molecule has 2 amide bonds. The van der Waals surface area contributed by atoms with Crippen LogP contribution in [0, 0.1) is 0 Å². The summed E-state index contributed by atoms with van der Waals surface area (Å²) in [4.78, 5) is 37.2. The highest BCUT2D eigenvalue weighted by Crippen LogP contribution is 2.42. The van der Waals surface area contributed by atoms with Crippen LogP contribution in [0.15, 0.2) is 6.33 Å². The first-order valence-corrected chi connectivity index (χ1v) is 9.74. The Morgan fingerprint density at radius 1 is 1.37 bits per heavy atom. The molecule has 1 aromatic rings. The van der Waals surface area contributed by atoms with Gasteiger partial charge in [0, 0.05) is 31.8 Å². The second-order valence-corrected chi connectivity index (χ2v) is 8.65. The lowest BCUT2D eigenvalue weighted by molar-refractivity contribution is -0.148. The summed E-state index contributed by atoms with van der Waals surface area (Å²) in [5, 5.41) is 0. The molecule has 0 aromatic carbocycles. The molecule has 3 aliphatic heterocycles. The summed E-state index contributed by atoms with van der Waals surface area (Å²) in [6.07, 6.45) is 4.03. The second kappa shape index (κ2) is 6.51. The lowest BCUT2D eigenvalue weighted by Crippen LogP contribution is -2.57. The molecule has 1 spiro atoms. The van der Waals surface area contributed by atoms with E-state index in [4.69, 9.17) is 9.47 Å². The number of aromatic amines is 1. The maximum Gasteiger partial charge on any atom is 0.410 e. The van der Waals surface area contributed by atoms with Gasteiger partial charge in [-0.1, -0.05) is 0 Å². The number of hydrogen-bond donors (Lipinski definition) is 1. The van der Waals surface area contributed by atoms with Crippen molar-refractivity contribution in [3.8, 4) is 0 Å². The first-order valence-electron chi connectivity index (χ1n) is 9.74. The minimum atomic E-state index is -0.604. The SMILES string of the molecule is CC(C)(C)OC(=O)N1CCC2(C1)c1nc[nH]c1CCN2C(=O)[C@@H]1CCCO1. The molecular formula is C19H28N4O4. The molecule has 8 heteroatoms. The van der Waals surface area contributed by atoms with Gasteiger partial charge >= 0.3 is 6.09 Å². The van der Waals surface area contributed by atoms with Crippen molar-refractivity contribution in [3.63, 3.8) is 0 Å². The van der Waals surface area contributed by atoms with E-state index in [-0.39, 0.29) is 18.1 Å². The van der Waals surface area contributed by atoms with Crippen molar-refractivity contribution in [3.05, 3.63) is 17.7 Å². The third-order valence-corrected chi connectivity index (χ3v) is 5.63. The number of carbonyl (C=O) groups excluding carboxylic acids is 2. The number of aromatic nitrogens is 2. The number of ether oxygens (including phenoxy) is 2. The molecule has 2 fully saturated rings. The van der Waals surface area contributed by atoms with Crippen LogP contribution in [0.5, 0.6) is 0 Å². The molecule has 1 aromatic heterocycles. The number of carbonyl (C=O) groups is 2. The Kier molecular flexibility index (Phi) is 4.41. The molecule has 148 valence electrons. The minimum Gasteiger partial charge on any atom is -0.444 e. The largest absolute Gasteiger partial charge is 0.444 e. The van der Waals surface area contributed by atoms with Crippen LogP contribution >= 0.6 is 0 Å². The number of likely N-dealkylation sites (tertiary alicyclic amines) is 1. The van der Waals surface area contributed by atoms with Crippen molar-refractivity contribution >= 4 is 12.0 Å². The molecule has 1 unspecified atom stereocenters. The van der Waals surface area contributed by atoms with Gasteiger partial charge in [-0.3, -0.25) is 4.79 Å². The van der Waals surface area contributed by atoms with Crippen molar-refractivity contribution in [1.29, 1.82) is 0 Å². The molecule has 0 aliphatic carbocycles. The van der Waals surface area contributed by atoms with E-state index in [1.165, 1.54) is 0 Å². The maximum absolute atomic E-state index is 13.2. The van der Waals surface area contributed by atoms with E-state index < -0.39 is 11.1 Å². The Morgan fingerprint density at radius 3 is 2.89 bits per heavy atom. The topological polar surface area (TPSA) is 87.8 Å². The Labute approximate surface area is 159 Å². The zero-order valence-electron chi connectivity index (χ0n) is 16.3. The highest BCUT2D eigenvalue weighted by Gasteiger charge is 2.53. The highest BCUT2D eigenvalue weighted by atomic mass is 16.6. The Balaban J connectivity index is 1.62. The Morgan fingerprint density at radius 2 is 2.19 bits per heavy atom. The fourth-order valence-electron chi connectivity index (χ4n) is 4.44. The summed E-state index contributed by atoms with van der Waals surface area (Å²) >= 11 is 0. The van der Waals surface area contributed by atoms with Gasteiger partial charge in [0.1, 0.15) is 17.2 Å². The van der Waals surface area contributed by atoms with Gasteiger partial charge in [0.2, 0.25) is 0 Å². The predicted molar refractivity (Wildman–Crippen MR) is 97.1 cm³/mol. The zero-order chi connectivity index (χ0) is 19.2. The van der Waals surface area contributed by atoms with Gasteiger partial charge in [-0.15, -0.1) is 0 Å². The van der Waals surface area contributed by atoms with E-state index in [2.05, 4.69) is 9.97 Å². The molecular weight excluding hydrogens is 348 g/mol. The van der Waals surface area contributed by atoms with E-state index in [9.17, 15) is 9.59 Å². The molecule has 3 aliphatic rings. The third kappa shape index (κ3) is 3.20. The molecule has 4 heterocycles. The Bertz CT molecular complexity index is 734. The molecule has 0 radical (unpaired) electrons. The number of hydrogen-bond acceptors (Lipinski definition) is 5. The fraction of sp³-hybridized carbons (Fsp3) is 0.737. The summed E-state index contributed by atoms with van der Waals surface area (Å²) in [5.74, 6) is 0.0205. The van der Waals surface area contributed by atoms with Crippen LogP contribution in [-0.2, 0) is 26.2 Å². The number of nitrogens with one attached hydrogen (secondary N) is 1. The van der Waals surface area contributed by atoms with Gasteiger partial charge in [-0.25, -0.2) is 9.78 Å². The van der Waals surface area contributed by atoms with E-state index in [0.29, 0.717) is 32.7 Å². The summed E-state index contributed by atoms with van der Waals surface area (Å²) < 4.78 is 11.2. The normalized spacial score (nSPS) is 27.9. The van der Waals surface area contributed by atoms with E-state index in [0.717, 1.165) is 30.7 Å². The van der Waals surface area contributed by atoms with Crippen molar-refractivity contribution < 1.29 is 19.1 Å². The number of amides is 2. The standard InChI is InChI=1S/C19H28N4O4/c1-18(2,3)27-17(25)22-9-7-19(11-22)15-13(20-12-21-15)6-8-23(19)16(24)14-5-4-10-26-14/h12,14H,4-11H2,1-3H3,(H,20,21)/t14-,19?/m0/s1. The molecule has 0 saturated carbocycles. The predicted octanol–water partition coefficient (Wildman–Crippen LogP) is 1.81. The van der Waals surface area contributed by atoms with Crippen molar-refractivity contribution in [2.24, 2.45) is 0 Å². The number of nitrogens with zero attached hydrogens (tertiary/aromatic N) is 3. The quantitative estimate of drug-likeness (QED) is 0.808. The van der Waals surface area contributed by atoms with Gasteiger partial charge in [0.05, 0.1) is 18.6 Å². The number of fused-ring (bicyclic) bond motifs is 2. The second-order valence-electron chi connectivity index (χ2n) is 8.65. The van der Waals surface area contributed by atoms with Crippen molar-refractivity contribution in [2.75, 3.05) is 26.2 Å². The van der Waals surface area contributed by atoms with Crippen molar-refractivity contribution in [1.82, 2.24) is 19.8 Å². The van der Waals surface area contributed by atoms with Gasteiger partial charge in [0.15, 0.2) is 0 Å². The van der Waals surface area contributed by atoms with Gasteiger partial charge in [-0.05, 0) is 40.0 Å². The molecule has 2 saturated heterocycles. The van der Waals surface area contributed by atoms with Gasteiger partial charge in [-0.2, -0.15) is 0 Å².